The predicted octanol–water partition coefficient (Wildman–Crippen LogP) is 2.59. The van der Waals surface area contributed by atoms with Crippen LogP contribution in [0.25, 0.3) is 0 Å². The van der Waals surface area contributed by atoms with Gasteiger partial charge in [-0.05, 0) is 45.7 Å². The minimum atomic E-state index is -0.612. The van der Waals surface area contributed by atoms with Gasteiger partial charge in [0, 0.05) is 17.6 Å². The largest absolute Gasteiger partial charge is 0.468 e. The Balaban J connectivity index is 2.44. The Hall–Kier alpha value is -1.14. The summed E-state index contributed by atoms with van der Waals surface area (Å²) in [6, 6.07) is 1.88. The number of methoxy groups -OCH3 is 1. The molecule has 0 aliphatic carbocycles. The van der Waals surface area contributed by atoms with Crippen LogP contribution in [0, 0.1) is 6.92 Å². The molecule has 0 bridgehead atoms. The third-order valence-corrected chi connectivity index (χ3v) is 4.17. The molecular weight excluding hydrogens is 286 g/mol. The molecule has 1 unspecified atom stereocenters. The first-order valence-electron chi connectivity index (χ1n) is 7.27. The van der Waals surface area contributed by atoms with Crippen LogP contribution in [0.3, 0.4) is 0 Å². The van der Waals surface area contributed by atoms with Crippen molar-refractivity contribution in [1.82, 2.24) is 15.3 Å². The number of nitrogens with one attached hydrogen (secondary N) is 1. The van der Waals surface area contributed by atoms with Crippen LogP contribution >= 0.6 is 11.8 Å². The van der Waals surface area contributed by atoms with Gasteiger partial charge in [0.25, 0.3) is 0 Å². The highest BCUT2D eigenvalue weighted by Gasteiger charge is 2.32. The molecule has 1 atom stereocenters. The van der Waals surface area contributed by atoms with Crippen LogP contribution in [-0.2, 0) is 9.53 Å². The zero-order valence-electron chi connectivity index (χ0n) is 13.3. The van der Waals surface area contributed by atoms with E-state index in [0.29, 0.717) is 0 Å². The number of thioether (sulfide) groups is 1. The monoisotopic (exact) mass is 311 g/mol. The fourth-order valence-electron chi connectivity index (χ4n) is 1.97. The Morgan fingerprint density at radius 1 is 1.52 bits per heavy atom. The van der Waals surface area contributed by atoms with Gasteiger partial charge >= 0.3 is 5.97 Å². The molecule has 0 aliphatic rings. The maximum atomic E-state index is 11.9. The molecule has 1 rings (SSSR count). The van der Waals surface area contributed by atoms with E-state index in [9.17, 15) is 4.79 Å². The van der Waals surface area contributed by atoms with Crippen LogP contribution in [0.4, 0.5) is 0 Å². The average Bonchev–Trinajstić information content (AvgIpc) is 2.49. The standard InChI is InChI=1S/C15H25N3O2S/c1-5-9-17-15(3,13(19)20-4)8-6-11-21-14-16-10-7-12(2)18-14/h7,10,17H,5-6,8-9,11H2,1-4H3. The fraction of sp³-hybridized carbons (Fsp3) is 0.667. The van der Waals surface area contributed by atoms with Crippen LogP contribution in [0.15, 0.2) is 17.4 Å². The van der Waals surface area contributed by atoms with E-state index in [1.54, 1.807) is 18.0 Å². The molecule has 1 N–H and O–H groups in total. The summed E-state index contributed by atoms with van der Waals surface area (Å²) in [6.07, 6.45) is 4.38. The van der Waals surface area contributed by atoms with Crippen LogP contribution < -0.4 is 5.32 Å². The predicted molar refractivity (Wildman–Crippen MR) is 85.4 cm³/mol. The number of nitrogens with zero attached hydrogens (tertiary/aromatic N) is 2. The molecule has 21 heavy (non-hydrogen) atoms. The van der Waals surface area contributed by atoms with E-state index in [4.69, 9.17) is 4.74 Å². The van der Waals surface area contributed by atoms with E-state index in [-0.39, 0.29) is 5.97 Å². The van der Waals surface area contributed by atoms with Gasteiger partial charge in [-0.15, -0.1) is 0 Å². The Morgan fingerprint density at radius 3 is 2.90 bits per heavy atom. The Morgan fingerprint density at radius 2 is 2.29 bits per heavy atom. The number of carbonyl (C=O) groups is 1. The lowest BCUT2D eigenvalue weighted by molar-refractivity contribution is -0.148. The van der Waals surface area contributed by atoms with Crippen molar-refractivity contribution in [2.45, 2.75) is 50.7 Å². The van der Waals surface area contributed by atoms with Crippen molar-refractivity contribution in [1.29, 1.82) is 0 Å². The molecule has 0 aromatic carbocycles. The molecular formula is C15H25N3O2S. The first-order chi connectivity index (χ1) is 10.0. The summed E-state index contributed by atoms with van der Waals surface area (Å²) in [5.41, 5.74) is 0.357. The van der Waals surface area contributed by atoms with Crippen molar-refractivity contribution in [3.8, 4) is 0 Å². The molecule has 5 nitrogen and oxygen atoms in total. The lowest BCUT2D eigenvalue weighted by atomic mass is 9.96. The molecule has 118 valence electrons. The van der Waals surface area contributed by atoms with Gasteiger partial charge < -0.3 is 10.1 Å². The second-order valence-corrected chi connectivity index (χ2v) is 6.25. The highest BCUT2D eigenvalue weighted by Crippen LogP contribution is 2.19. The second kappa shape index (κ2) is 9.00. The molecule has 1 aromatic heterocycles. The summed E-state index contributed by atoms with van der Waals surface area (Å²) < 4.78 is 4.91. The Kier molecular flexibility index (Phi) is 7.67. The molecule has 0 saturated carbocycles. The second-order valence-electron chi connectivity index (χ2n) is 5.18. The molecule has 0 radical (unpaired) electrons. The highest BCUT2D eigenvalue weighted by atomic mass is 32.2. The Labute approximate surface area is 131 Å². The molecule has 0 amide bonds. The summed E-state index contributed by atoms with van der Waals surface area (Å²) in [7, 11) is 1.43. The minimum Gasteiger partial charge on any atom is -0.468 e. The molecule has 0 fully saturated rings. The van der Waals surface area contributed by atoms with Crippen LogP contribution in [0.2, 0.25) is 0 Å². The molecule has 0 aliphatic heterocycles. The van der Waals surface area contributed by atoms with Gasteiger partial charge in [-0.25, -0.2) is 9.97 Å². The van der Waals surface area contributed by atoms with Crippen molar-refractivity contribution in [3.63, 3.8) is 0 Å². The smallest absolute Gasteiger partial charge is 0.325 e. The van der Waals surface area contributed by atoms with Crippen LogP contribution in [0.5, 0.6) is 0 Å². The number of ether oxygens (including phenoxy) is 1. The number of aryl methyl sites for hydroxylation is 1. The van der Waals surface area contributed by atoms with Crippen molar-refractivity contribution < 1.29 is 9.53 Å². The third-order valence-electron chi connectivity index (χ3n) is 3.23. The maximum absolute atomic E-state index is 11.9. The van der Waals surface area contributed by atoms with Crippen LogP contribution in [-0.4, -0.2) is 40.9 Å². The van der Waals surface area contributed by atoms with Crippen molar-refractivity contribution >= 4 is 17.7 Å². The number of aromatic nitrogens is 2. The first-order valence-corrected chi connectivity index (χ1v) is 8.26. The highest BCUT2D eigenvalue weighted by molar-refractivity contribution is 7.99. The maximum Gasteiger partial charge on any atom is 0.325 e. The van der Waals surface area contributed by atoms with Gasteiger partial charge in [0.15, 0.2) is 5.16 Å². The zero-order valence-corrected chi connectivity index (χ0v) is 14.1. The van der Waals surface area contributed by atoms with E-state index in [0.717, 1.165) is 42.4 Å². The van der Waals surface area contributed by atoms with Crippen molar-refractivity contribution in [2.24, 2.45) is 0 Å². The quantitative estimate of drug-likeness (QED) is 0.327. The lowest BCUT2D eigenvalue weighted by Crippen LogP contribution is -2.50. The molecule has 0 saturated heterocycles. The van der Waals surface area contributed by atoms with Gasteiger partial charge in [0.1, 0.15) is 5.54 Å². The molecule has 0 spiro atoms. The van der Waals surface area contributed by atoms with Crippen LogP contribution in [0.1, 0.15) is 38.8 Å². The van der Waals surface area contributed by atoms with Gasteiger partial charge in [-0.2, -0.15) is 0 Å². The first kappa shape index (κ1) is 17.9. The van der Waals surface area contributed by atoms with E-state index < -0.39 is 5.54 Å². The van der Waals surface area contributed by atoms with E-state index in [1.165, 1.54) is 7.11 Å². The van der Waals surface area contributed by atoms with E-state index >= 15 is 0 Å². The molecule has 1 aromatic rings. The zero-order chi connectivity index (χ0) is 15.7. The number of hydrogen-bond donors (Lipinski definition) is 1. The van der Waals surface area contributed by atoms with E-state index in [1.807, 2.05) is 19.9 Å². The van der Waals surface area contributed by atoms with Gasteiger partial charge in [0.05, 0.1) is 7.11 Å². The van der Waals surface area contributed by atoms with Crippen molar-refractivity contribution in [2.75, 3.05) is 19.4 Å². The third kappa shape index (κ3) is 6.01. The van der Waals surface area contributed by atoms with Crippen molar-refractivity contribution in [3.05, 3.63) is 18.0 Å². The van der Waals surface area contributed by atoms with Gasteiger partial charge in [-0.1, -0.05) is 18.7 Å². The average molecular weight is 311 g/mol. The summed E-state index contributed by atoms with van der Waals surface area (Å²) in [5.74, 6) is 0.678. The summed E-state index contributed by atoms with van der Waals surface area (Å²) >= 11 is 1.62. The van der Waals surface area contributed by atoms with Gasteiger partial charge in [0.2, 0.25) is 0 Å². The lowest BCUT2D eigenvalue weighted by Gasteiger charge is -2.27. The fourth-order valence-corrected chi connectivity index (χ4v) is 2.79. The van der Waals surface area contributed by atoms with E-state index in [2.05, 4.69) is 22.2 Å². The summed E-state index contributed by atoms with van der Waals surface area (Å²) in [6.45, 7) is 6.74. The molecule has 1 heterocycles. The number of carbonyl (C=O) groups excluding carboxylic acids is 1. The Bertz CT molecular complexity index is 456. The summed E-state index contributed by atoms with van der Waals surface area (Å²) in [4.78, 5) is 20.5. The normalized spacial score (nSPS) is 13.7. The topological polar surface area (TPSA) is 64.1 Å². The van der Waals surface area contributed by atoms with Gasteiger partial charge in [-0.3, -0.25) is 4.79 Å². The SMILES string of the molecule is CCCNC(C)(CCCSc1nccc(C)n1)C(=O)OC. The molecule has 6 heteroatoms. The number of esters is 1. The number of rotatable bonds is 9. The minimum absolute atomic E-state index is 0.201. The number of hydrogen-bond acceptors (Lipinski definition) is 6. The summed E-state index contributed by atoms with van der Waals surface area (Å²) in [5, 5.41) is 4.08.